The number of likely N-dealkylation sites (tertiary alicyclic amines) is 1. The maximum Gasteiger partial charge on any atom is 0.260 e. The Balaban J connectivity index is 1.34. The Morgan fingerprint density at radius 3 is 2.32 bits per heavy atom. The number of ether oxygens (including phenoxy) is 1. The minimum absolute atomic E-state index is 0.0140. The van der Waals surface area contributed by atoms with Gasteiger partial charge in [-0.2, -0.15) is 0 Å². The number of amides is 1. The second kappa shape index (κ2) is 8.59. The van der Waals surface area contributed by atoms with E-state index in [0.717, 1.165) is 19.4 Å². The van der Waals surface area contributed by atoms with Crippen molar-refractivity contribution in [2.24, 2.45) is 5.92 Å². The average Bonchev–Trinajstić information content (AvgIpc) is 2.77. The summed E-state index contributed by atoms with van der Waals surface area (Å²) in [6, 6.07) is 16.7. The van der Waals surface area contributed by atoms with Gasteiger partial charge >= 0.3 is 0 Å². The van der Waals surface area contributed by atoms with Crippen LogP contribution in [-0.2, 0) is 4.79 Å². The van der Waals surface area contributed by atoms with E-state index in [4.69, 9.17) is 4.74 Å². The lowest BCUT2D eigenvalue weighted by Gasteiger charge is -2.44. The maximum absolute atomic E-state index is 12.7. The van der Waals surface area contributed by atoms with E-state index in [9.17, 15) is 9.59 Å². The molecular weight excluding hydrogens is 350 g/mol. The van der Waals surface area contributed by atoms with Crippen molar-refractivity contribution < 1.29 is 14.3 Å². The normalized spacial score (nSPS) is 21.6. The van der Waals surface area contributed by atoms with Crippen LogP contribution in [0.4, 0.5) is 0 Å². The van der Waals surface area contributed by atoms with Crippen molar-refractivity contribution in [2.45, 2.75) is 44.6 Å². The van der Waals surface area contributed by atoms with Crippen molar-refractivity contribution in [3.8, 4) is 5.75 Å². The summed E-state index contributed by atoms with van der Waals surface area (Å²) in [5, 5.41) is 0. The molecule has 0 aromatic heterocycles. The second-order valence-corrected chi connectivity index (χ2v) is 7.85. The lowest BCUT2D eigenvalue weighted by Crippen LogP contribution is -2.51. The third-order valence-electron chi connectivity index (χ3n) is 6.08. The molecule has 28 heavy (non-hydrogen) atoms. The topological polar surface area (TPSA) is 46.6 Å². The third kappa shape index (κ3) is 4.11. The summed E-state index contributed by atoms with van der Waals surface area (Å²) in [7, 11) is 0. The molecule has 0 bridgehead atoms. The van der Waals surface area contributed by atoms with E-state index in [1.807, 2.05) is 30.3 Å². The molecule has 1 amide bonds. The molecule has 2 fully saturated rings. The monoisotopic (exact) mass is 377 g/mol. The first-order valence-electron chi connectivity index (χ1n) is 10.3. The fraction of sp³-hybridized carbons (Fsp3) is 0.417. The summed E-state index contributed by atoms with van der Waals surface area (Å²) < 4.78 is 5.74. The zero-order chi connectivity index (χ0) is 19.3. The van der Waals surface area contributed by atoms with Gasteiger partial charge in [0, 0.05) is 23.7 Å². The average molecular weight is 377 g/mol. The van der Waals surface area contributed by atoms with Gasteiger partial charge in [-0.05, 0) is 55.9 Å². The molecule has 1 aliphatic heterocycles. The summed E-state index contributed by atoms with van der Waals surface area (Å²) in [5.74, 6) is 1.37. The van der Waals surface area contributed by atoms with Gasteiger partial charge in [-0.15, -0.1) is 0 Å². The lowest BCUT2D eigenvalue weighted by molar-refractivity contribution is -0.139. The van der Waals surface area contributed by atoms with E-state index in [2.05, 4.69) is 4.90 Å². The van der Waals surface area contributed by atoms with Crippen LogP contribution in [0.5, 0.6) is 5.75 Å². The van der Waals surface area contributed by atoms with Gasteiger partial charge in [0.2, 0.25) is 0 Å². The van der Waals surface area contributed by atoms with Gasteiger partial charge in [0.15, 0.2) is 12.4 Å². The lowest BCUT2D eigenvalue weighted by atomic mass is 9.78. The number of fused-ring (bicyclic) bond motifs is 1. The van der Waals surface area contributed by atoms with Gasteiger partial charge in [-0.3, -0.25) is 9.59 Å². The highest BCUT2D eigenvalue weighted by atomic mass is 16.5. The minimum atomic E-state index is -0.0140. The SMILES string of the molecule is O=C(c1ccccc1)c1ccc(OCC(=O)N2CCC[C@H]3CCCC[C@@H]32)cc1. The van der Waals surface area contributed by atoms with Gasteiger partial charge in [0.25, 0.3) is 5.91 Å². The van der Waals surface area contributed by atoms with Crippen molar-refractivity contribution in [3.05, 3.63) is 65.7 Å². The molecule has 0 spiro atoms. The predicted octanol–water partition coefficient (Wildman–Crippen LogP) is 4.48. The Kier molecular flexibility index (Phi) is 5.75. The molecule has 2 aromatic carbocycles. The number of rotatable bonds is 5. The number of hydrogen-bond donors (Lipinski definition) is 0. The smallest absolute Gasteiger partial charge is 0.260 e. The first-order chi connectivity index (χ1) is 13.7. The van der Waals surface area contributed by atoms with E-state index in [0.29, 0.717) is 28.8 Å². The molecule has 1 aliphatic carbocycles. The molecule has 0 unspecified atom stereocenters. The Morgan fingerprint density at radius 1 is 0.857 bits per heavy atom. The highest BCUT2D eigenvalue weighted by molar-refractivity contribution is 6.08. The van der Waals surface area contributed by atoms with Crippen LogP contribution in [0, 0.1) is 5.92 Å². The molecule has 1 saturated carbocycles. The minimum Gasteiger partial charge on any atom is -0.484 e. The van der Waals surface area contributed by atoms with Gasteiger partial charge in [0.05, 0.1) is 0 Å². The molecule has 1 heterocycles. The molecule has 4 heteroatoms. The van der Waals surface area contributed by atoms with Crippen LogP contribution in [0.2, 0.25) is 0 Å². The van der Waals surface area contributed by atoms with Crippen LogP contribution in [0.15, 0.2) is 54.6 Å². The predicted molar refractivity (Wildman–Crippen MR) is 109 cm³/mol. The van der Waals surface area contributed by atoms with Crippen LogP contribution < -0.4 is 4.74 Å². The maximum atomic E-state index is 12.7. The van der Waals surface area contributed by atoms with Crippen LogP contribution in [-0.4, -0.2) is 35.8 Å². The van der Waals surface area contributed by atoms with Crippen molar-refractivity contribution in [3.63, 3.8) is 0 Å². The fourth-order valence-electron chi connectivity index (χ4n) is 4.62. The van der Waals surface area contributed by atoms with Crippen LogP contribution in [0.3, 0.4) is 0 Å². The summed E-state index contributed by atoms with van der Waals surface area (Å²) in [6.07, 6.45) is 7.27. The molecule has 1 saturated heterocycles. The number of carbonyl (C=O) groups is 2. The number of nitrogens with zero attached hydrogens (tertiary/aromatic N) is 1. The Bertz CT molecular complexity index is 814. The van der Waals surface area contributed by atoms with E-state index < -0.39 is 0 Å². The highest BCUT2D eigenvalue weighted by Gasteiger charge is 2.35. The zero-order valence-electron chi connectivity index (χ0n) is 16.2. The van der Waals surface area contributed by atoms with E-state index >= 15 is 0 Å². The summed E-state index contributed by atoms with van der Waals surface area (Å²) in [5.41, 5.74) is 1.28. The quantitative estimate of drug-likeness (QED) is 0.722. The summed E-state index contributed by atoms with van der Waals surface area (Å²) in [4.78, 5) is 27.3. The third-order valence-corrected chi connectivity index (χ3v) is 6.08. The number of piperidine rings is 1. The van der Waals surface area contributed by atoms with Crippen molar-refractivity contribution in [1.82, 2.24) is 4.90 Å². The van der Waals surface area contributed by atoms with Gasteiger partial charge in [-0.25, -0.2) is 0 Å². The number of hydrogen-bond acceptors (Lipinski definition) is 3. The molecule has 4 nitrogen and oxygen atoms in total. The largest absolute Gasteiger partial charge is 0.484 e. The molecule has 2 aliphatic rings. The number of carbonyl (C=O) groups excluding carboxylic acids is 2. The van der Waals surface area contributed by atoms with E-state index in [1.165, 1.54) is 25.7 Å². The first-order valence-corrected chi connectivity index (χ1v) is 10.3. The molecule has 4 rings (SSSR count). The molecular formula is C24H27NO3. The van der Waals surface area contributed by atoms with Gasteiger partial charge in [-0.1, -0.05) is 43.2 Å². The standard InChI is InChI=1S/C24H27NO3/c26-23(25-16-6-10-18-7-4-5-11-22(18)25)17-28-21-14-12-20(13-15-21)24(27)19-8-2-1-3-9-19/h1-3,8-9,12-15,18,22H,4-7,10-11,16-17H2/t18-,22+/m1/s1. The summed E-state index contributed by atoms with van der Waals surface area (Å²) >= 11 is 0. The number of benzene rings is 2. The summed E-state index contributed by atoms with van der Waals surface area (Å²) in [6.45, 7) is 0.920. The van der Waals surface area contributed by atoms with Crippen molar-refractivity contribution in [1.29, 1.82) is 0 Å². The first kappa shape index (κ1) is 18.7. The highest BCUT2D eigenvalue weighted by Crippen LogP contribution is 2.35. The molecule has 0 radical (unpaired) electrons. The molecule has 146 valence electrons. The fourth-order valence-corrected chi connectivity index (χ4v) is 4.62. The second-order valence-electron chi connectivity index (χ2n) is 7.85. The number of ketones is 1. The van der Waals surface area contributed by atoms with E-state index in [1.54, 1.807) is 24.3 Å². The van der Waals surface area contributed by atoms with Crippen LogP contribution in [0.25, 0.3) is 0 Å². The van der Waals surface area contributed by atoms with Crippen molar-refractivity contribution in [2.75, 3.05) is 13.2 Å². The Morgan fingerprint density at radius 2 is 1.54 bits per heavy atom. The molecule has 0 N–H and O–H groups in total. The van der Waals surface area contributed by atoms with E-state index in [-0.39, 0.29) is 18.3 Å². The van der Waals surface area contributed by atoms with Crippen LogP contribution >= 0.6 is 0 Å². The van der Waals surface area contributed by atoms with Gasteiger partial charge in [0.1, 0.15) is 5.75 Å². The van der Waals surface area contributed by atoms with Gasteiger partial charge < -0.3 is 9.64 Å². The molecule has 2 atom stereocenters. The van der Waals surface area contributed by atoms with Crippen molar-refractivity contribution >= 4 is 11.7 Å². The molecule has 2 aromatic rings. The Labute approximate surface area is 166 Å². The zero-order valence-corrected chi connectivity index (χ0v) is 16.2. The van der Waals surface area contributed by atoms with Crippen LogP contribution in [0.1, 0.15) is 54.4 Å². The Hall–Kier alpha value is -2.62.